The van der Waals surface area contributed by atoms with Crippen LogP contribution in [-0.2, 0) is 16.2 Å². The van der Waals surface area contributed by atoms with E-state index in [9.17, 15) is 0 Å². The zero-order valence-electron chi connectivity index (χ0n) is 37.7. The molecule has 1 saturated carbocycles. The molecule has 3 unspecified atom stereocenters. The van der Waals surface area contributed by atoms with E-state index in [1.807, 2.05) is 0 Å². The van der Waals surface area contributed by atoms with Crippen LogP contribution in [0.15, 0.2) is 248 Å². The van der Waals surface area contributed by atoms with E-state index in [0.29, 0.717) is 5.92 Å². The standard InChI is InChI=1S/C67H45N/c1-42-63-64(68-62-33-16-15-32-61(62)65(42,63)48-37-34-44(35-38-48)43-18-3-2-4-19-43)47-21-17-20-45(40-47)46-36-39-56-52(41-46)51-24-7-10-27-55(51)67(56)59-30-13-11-28-57(59)66(58-29-12-14-31-60(58)67)53-25-8-5-22-49(53)50-23-6-9-26-54(50)66/h2-42,63H,1H3. The highest BCUT2D eigenvalue weighted by Gasteiger charge is 2.68. The van der Waals surface area contributed by atoms with Gasteiger partial charge in [0, 0.05) is 11.3 Å². The minimum absolute atomic E-state index is 0.127. The molecule has 68 heavy (non-hydrogen) atoms. The zero-order chi connectivity index (χ0) is 44.8. The van der Waals surface area contributed by atoms with Crippen LogP contribution in [0.5, 0.6) is 0 Å². The van der Waals surface area contributed by atoms with Gasteiger partial charge in [-0.05, 0) is 130 Å². The maximum absolute atomic E-state index is 5.52. The third-order valence-electron chi connectivity index (χ3n) is 16.9. The molecule has 0 aromatic heterocycles. The summed E-state index contributed by atoms with van der Waals surface area (Å²) in [4.78, 5) is 5.52. The number of benzene rings is 10. The molecule has 0 N–H and O–H groups in total. The quantitative estimate of drug-likeness (QED) is 0.167. The summed E-state index contributed by atoms with van der Waals surface area (Å²) in [7, 11) is 0. The molecule has 1 heteroatoms. The van der Waals surface area contributed by atoms with Gasteiger partial charge in [0.05, 0.1) is 22.2 Å². The third kappa shape index (κ3) is 4.64. The molecule has 10 aromatic rings. The van der Waals surface area contributed by atoms with Crippen molar-refractivity contribution in [3.63, 3.8) is 0 Å². The van der Waals surface area contributed by atoms with E-state index in [0.717, 1.165) is 5.69 Å². The summed E-state index contributed by atoms with van der Waals surface area (Å²) < 4.78 is 0. The lowest BCUT2D eigenvalue weighted by Gasteiger charge is -2.48. The summed E-state index contributed by atoms with van der Waals surface area (Å²) >= 11 is 0. The van der Waals surface area contributed by atoms with E-state index < -0.39 is 10.8 Å². The van der Waals surface area contributed by atoms with Crippen molar-refractivity contribution in [3.8, 4) is 44.5 Å². The topological polar surface area (TPSA) is 12.4 Å². The maximum atomic E-state index is 5.52. The Morgan fingerprint density at radius 1 is 0.309 bits per heavy atom. The molecule has 1 fully saturated rings. The van der Waals surface area contributed by atoms with Gasteiger partial charge in [0.2, 0.25) is 0 Å². The number of fused-ring (bicyclic) bond motifs is 19. The number of hydrogen-bond acceptors (Lipinski definition) is 1. The van der Waals surface area contributed by atoms with E-state index in [-0.39, 0.29) is 11.3 Å². The minimum Gasteiger partial charge on any atom is -0.252 e. The predicted molar refractivity (Wildman–Crippen MR) is 278 cm³/mol. The molecule has 1 nitrogen and oxygen atoms in total. The molecule has 5 aliphatic rings. The molecule has 0 bridgehead atoms. The zero-order valence-corrected chi connectivity index (χ0v) is 37.7. The average Bonchev–Trinajstić information content (AvgIpc) is 3.80. The van der Waals surface area contributed by atoms with Crippen LogP contribution in [0, 0.1) is 11.8 Å². The van der Waals surface area contributed by atoms with E-state index in [2.05, 4.69) is 250 Å². The number of para-hydroxylation sites is 1. The number of rotatable bonds is 4. The molecule has 0 amide bonds. The monoisotopic (exact) mass is 863 g/mol. The fourth-order valence-electron chi connectivity index (χ4n) is 14.2. The molecule has 318 valence electrons. The van der Waals surface area contributed by atoms with Gasteiger partial charge in [-0.25, -0.2) is 0 Å². The molecule has 1 heterocycles. The van der Waals surface area contributed by atoms with Crippen molar-refractivity contribution in [2.75, 3.05) is 0 Å². The van der Waals surface area contributed by atoms with Crippen LogP contribution >= 0.6 is 0 Å². The Morgan fingerprint density at radius 3 is 1.31 bits per heavy atom. The van der Waals surface area contributed by atoms with Gasteiger partial charge in [0.15, 0.2) is 0 Å². The Hall–Kier alpha value is -8.13. The Kier molecular flexibility index (Phi) is 7.67. The number of hydrogen-bond donors (Lipinski definition) is 0. The molecule has 1 aliphatic heterocycles. The fraction of sp³-hybridized carbons (Fsp3) is 0.0896. The summed E-state index contributed by atoms with van der Waals surface area (Å²) in [6.45, 7) is 2.43. The SMILES string of the molecule is CC1C2C(c3cccc(-c4ccc5c(c4)-c4ccccc4C54c5ccccc5C5(c6ccccc6-c6ccccc65)c5ccccc54)c3)=Nc3ccccc3C12c1ccc(-c2ccccc2)cc1. The first kappa shape index (κ1) is 38.0. The van der Waals surface area contributed by atoms with Gasteiger partial charge >= 0.3 is 0 Å². The summed E-state index contributed by atoms with van der Waals surface area (Å²) in [6.07, 6.45) is 0. The van der Waals surface area contributed by atoms with Gasteiger partial charge in [0.1, 0.15) is 0 Å². The van der Waals surface area contributed by atoms with Gasteiger partial charge in [-0.15, -0.1) is 0 Å². The van der Waals surface area contributed by atoms with Crippen molar-refractivity contribution in [2.24, 2.45) is 16.8 Å². The molecular weight excluding hydrogens is 819 g/mol. The van der Waals surface area contributed by atoms with E-state index in [4.69, 9.17) is 4.99 Å². The highest BCUT2D eigenvalue weighted by atomic mass is 14.9. The Labute approximate surface area is 397 Å². The Bertz CT molecular complexity index is 3680. The maximum Gasteiger partial charge on any atom is 0.0720 e. The summed E-state index contributed by atoms with van der Waals surface area (Å²) in [5, 5.41) is 0. The molecule has 0 saturated heterocycles. The van der Waals surface area contributed by atoms with Gasteiger partial charge in [-0.3, -0.25) is 4.99 Å². The van der Waals surface area contributed by atoms with Gasteiger partial charge in [-0.2, -0.15) is 0 Å². The van der Waals surface area contributed by atoms with Crippen molar-refractivity contribution < 1.29 is 0 Å². The summed E-state index contributed by atoms with van der Waals surface area (Å²) in [5.41, 5.74) is 26.1. The van der Waals surface area contributed by atoms with Gasteiger partial charge < -0.3 is 0 Å². The van der Waals surface area contributed by atoms with Crippen LogP contribution in [-0.4, -0.2) is 5.71 Å². The lowest BCUT2D eigenvalue weighted by Crippen LogP contribution is -2.43. The summed E-state index contributed by atoms with van der Waals surface area (Å²) in [5.74, 6) is 0.672. The third-order valence-corrected chi connectivity index (χ3v) is 16.9. The van der Waals surface area contributed by atoms with Gasteiger partial charge in [0.25, 0.3) is 0 Å². The molecule has 3 atom stereocenters. The van der Waals surface area contributed by atoms with Crippen molar-refractivity contribution >= 4 is 11.4 Å². The van der Waals surface area contributed by atoms with Crippen molar-refractivity contribution in [1.29, 1.82) is 0 Å². The number of aliphatic imine (C=N–C) groups is 1. The first-order valence-corrected chi connectivity index (χ1v) is 24.2. The molecule has 2 spiro atoms. The van der Waals surface area contributed by atoms with Crippen LogP contribution in [0.2, 0.25) is 0 Å². The molecule has 10 aromatic carbocycles. The van der Waals surface area contributed by atoms with Crippen molar-refractivity contribution in [3.05, 3.63) is 304 Å². The molecule has 15 rings (SSSR count). The summed E-state index contributed by atoms with van der Waals surface area (Å²) in [6, 6.07) is 91.7. The van der Waals surface area contributed by atoms with Crippen molar-refractivity contribution in [1.82, 2.24) is 0 Å². The average molecular weight is 864 g/mol. The highest BCUT2D eigenvalue weighted by Crippen LogP contribution is 2.70. The first-order chi connectivity index (χ1) is 33.6. The predicted octanol–water partition coefficient (Wildman–Crippen LogP) is 15.7. The second kappa shape index (κ2) is 13.7. The lowest BCUT2D eigenvalue weighted by atomic mass is 9.52. The number of nitrogens with zero attached hydrogens (tertiary/aromatic N) is 1. The Morgan fingerprint density at radius 2 is 0.721 bits per heavy atom. The minimum atomic E-state index is -0.508. The molecule has 4 aliphatic carbocycles. The first-order valence-electron chi connectivity index (χ1n) is 24.2. The smallest absolute Gasteiger partial charge is 0.0720 e. The second-order valence-corrected chi connectivity index (χ2v) is 19.7. The van der Waals surface area contributed by atoms with Crippen LogP contribution in [0.1, 0.15) is 68.1 Å². The van der Waals surface area contributed by atoms with Crippen LogP contribution < -0.4 is 0 Å². The van der Waals surface area contributed by atoms with E-state index in [1.165, 1.54) is 111 Å². The lowest BCUT2D eigenvalue weighted by molar-refractivity contribution is 0.633. The largest absolute Gasteiger partial charge is 0.252 e. The van der Waals surface area contributed by atoms with Gasteiger partial charge in [-0.1, -0.05) is 231 Å². The van der Waals surface area contributed by atoms with E-state index in [1.54, 1.807) is 0 Å². The Balaban J connectivity index is 0.880. The fourth-order valence-corrected chi connectivity index (χ4v) is 14.2. The van der Waals surface area contributed by atoms with Crippen LogP contribution in [0.25, 0.3) is 44.5 Å². The van der Waals surface area contributed by atoms with Crippen molar-refractivity contribution in [2.45, 2.75) is 23.2 Å². The molecule has 0 radical (unpaired) electrons. The highest BCUT2D eigenvalue weighted by molar-refractivity contribution is 6.10. The van der Waals surface area contributed by atoms with Crippen LogP contribution in [0.3, 0.4) is 0 Å². The van der Waals surface area contributed by atoms with E-state index >= 15 is 0 Å². The van der Waals surface area contributed by atoms with Crippen LogP contribution in [0.4, 0.5) is 5.69 Å². The second-order valence-electron chi connectivity index (χ2n) is 19.7. The molecular formula is C67H45N. The normalized spacial score (nSPS) is 19.6.